The number of urea groups is 1. The fourth-order valence-corrected chi connectivity index (χ4v) is 9.69. The van der Waals surface area contributed by atoms with Crippen molar-refractivity contribution in [3.8, 4) is 23.2 Å². The van der Waals surface area contributed by atoms with Crippen molar-refractivity contribution in [3.63, 3.8) is 0 Å². The number of carbonyl (C=O) groups is 3. The van der Waals surface area contributed by atoms with E-state index in [0.29, 0.717) is 43.3 Å². The first-order valence-electron chi connectivity index (χ1n) is 18.2. The van der Waals surface area contributed by atoms with Crippen LogP contribution in [0.25, 0.3) is 32.1 Å². The largest absolute Gasteiger partial charge is 0.461 e. The van der Waals surface area contributed by atoms with Gasteiger partial charge in [-0.05, 0) is 83.2 Å². The molecule has 2 aromatic heterocycles. The van der Waals surface area contributed by atoms with Gasteiger partial charge in [-0.1, -0.05) is 6.07 Å². The number of piperidine rings is 1. The number of amides is 4. The maximum absolute atomic E-state index is 17.4. The zero-order valence-corrected chi connectivity index (χ0v) is 31.5. The highest BCUT2D eigenvalue weighted by molar-refractivity contribution is 7.23. The number of aryl methyl sites for hydroxylation is 1. The number of nitrogens with zero attached hydrogens (tertiary/aromatic N) is 5. The number of thiophene rings is 1. The zero-order valence-electron chi connectivity index (χ0n) is 30.7. The molecule has 13 nitrogen and oxygen atoms in total. The average molecular weight is 777 g/mol. The third kappa shape index (κ3) is 6.34. The number of rotatable bonds is 6. The summed E-state index contributed by atoms with van der Waals surface area (Å²) in [7, 11) is 0. The fraction of sp³-hybridized carbons (Fsp3) is 0.474. The molecule has 6 heterocycles. The number of ether oxygens (including phenoxy) is 2. The Bertz CT molecular complexity index is 2340. The minimum atomic E-state index is -1.22. The van der Waals surface area contributed by atoms with Gasteiger partial charge < -0.3 is 19.7 Å². The van der Waals surface area contributed by atoms with Crippen LogP contribution in [0, 0.1) is 29.9 Å². The lowest BCUT2D eigenvalue weighted by molar-refractivity contribution is -0.124. The minimum Gasteiger partial charge on any atom is -0.461 e. The van der Waals surface area contributed by atoms with Crippen LogP contribution in [0.2, 0.25) is 0 Å². The van der Waals surface area contributed by atoms with Gasteiger partial charge in [0.1, 0.15) is 52.1 Å². The maximum Gasteiger partial charge on any atom is 0.412 e. The van der Waals surface area contributed by atoms with Gasteiger partial charge in [0.05, 0.1) is 22.3 Å². The lowest BCUT2D eigenvalue weighted by Crippen LogP contribution is -2.58. The van der Waals surface area contributed by atoms with Crippen LogP contribution in [0.3, 0.4) is 0 Å². The summed E-state index contributed by atoms with van der Waals surface area (Å²) in [6, 6.07) is 5.56. The van der Waals surface area contributed by atoms with Gasteiger partial charge in [-0.2, -0.15) is 15.2 Å². The Hall–Kier alpha value is -5.21. The number of benzene rings is 2. The van der Waals surface area contributed by atoms with Gasteiger partial charge in [-0.15, -0.1) is 11.3 Å². The van der Waals surface area contributed by atoms with E-state index in [-0.39, 0.29) is 62.3 Å². The predicted octanol–water partition coefficient (Wildman–Crippen LogP) is 6.45. The van der Waals surface area contributed by atoms with Crippen LogP contribution in [0.1, 0.15) is 64.0 Å². The molecule has 288 valence electrons. The summed E-state index contributed by atoms with van der Waals surface area (Å²) in [5.41, 5.74) is -2.15. The summed E-state index contributed by atoms with van der Waals surface area (Å²) in [4.78, 5) is 51.2. The Kier molecular flexibility index (Phi) is 8.84. The van der Waals surface area contributed by atoms with E-state index in [2.05, 4.69) is 31.9 Å². The molecule has 4 aromatic rings. The Labute approximate surface area is 318 Å². The highest BCUT2D eigenvalue weighted by atomic mass is 32.1. The van der Waals surface area contributed by atoms with E-state index >= 15 is 8.78 Å². The predicted molar refractivity (Wildman–Crippen MR) is 199 cm³/mol. The summed E-state index contributed by atoms with van der Waals surface area (Å²) < 4.78 is 59.1. The third-order valence-corrected chi connectivity index (χ3v) is 12.0. The van der Waals surface area contributed by atoms with E-state index in [4.69, 9.17) is 14.5 Å². The number of hydrogen-bond donors (Lipinski definition) is 3. The third-order valence-electron chi connectivity index (χ3n) is 10.9. The lowest BCUT2D eigenvalue weighted by Gasteiger charge is -2.39. The average Bonchev–Trinajstić information content (AvgIpc) is 3.83. The highest BCUT2D eigenvalue weighted by Gasteiger charge is 2.51. The summed E-state index contributed by atoms with van der Waals surface area (Å²) in [6.07, 6.45) is 0.962. The van der Waals surface area contributed by atoms with E-state index in [0.717, 1.165) is 30.7 Å². The molecule has 2 aromatic carbocycles. The van der Waals surface area contributed by atoms with Crippen LogP contribution in [0.5, 0.6) is 6.01 Å². The molecule has 4 aliphatic rings. The van der Waals surface area contributed by atoms with Gasteiger partial charge in [-0.3, -0.25) is 20.3 Å². The second-order valence-corrected chi connectivity index (χ2v) is 16.9. The molecule has 8 rings (SSSR count). The molecule has 0 radical (unpaired) electrons. The highest BCUT2D eigenvalue weighted by Crippen LogP contribution is 2.46. The molecule has 0 bridgehead atoms. The molecule has 0 aliphatic carbocycles. The van der Waals surface area contributed by atoms with E-state index in [1.54, 1.807) is 38.7 Å². The Morgan fingerprint density at radius 3 is 2.69 bits per heavy atom. The number of alkyl halides is 1. The molecule has 17 heteroatoms. The number of nitrogens with one attached hydrogen (secondary N) is 3. The molecule has 4 amide bonds. The van der Waals surface area contributed by atoms with Crippen LogP contribution in [-0.4, -0.2) is 88.5 Å². The van der Waals surface area contributed by atoms with Gasteiger partial charge in [0.15, 0.2) is 5.82 Å². The molecule has 1 spiro atoms. The van der Waals surface area contributed by atoms with Gasteiger partial charge in [0, 0.05) is 35.8 Å². The summed E-state index contributed by atoms with van der Waals surface area (Å²) >= 11 is 0.835. The number of imide groups is 1. The zero-order chi connectivity index (χ0) is 39.0. The Morgan fingerprint density at radius 2 is 1.96 bits per heavy atom. The molecular weight excluding hydrogens is 738 g/mol. The number of halogens is 3. The van der Waals surface area contributed by atoms with Gasteiger partial charge in [-0.25, -0.2) is 22.8 Å². The molecule has 4 aliphatic heterocycles. The van der Waals surface area contributed by atoms with E-state index in [1.165, 1.54) is 12.1 Å². The van der Waals surface area contributed by atoms with Crippen molar-refractivity contribution in [2.75, 3.05) is 43.0 Å². The van der Waals surface area contributed by atoms with E-state index < -0.39 is 52.5 Å². The number of anilines is 2. The number of carbonyl (C=O) groups excluding carboxylic acids is 3. The van der Waals surface area contributed by atoms with E-state index in [1.807, 2.05) is 0 Å². The molecular formula is C38H39F3N8O5S. The number of hydrogen-bond acceptors (Lipinski definition) is 11. The molecule has 4 fully saturated rings. The maximum atomic E-state index is 17.4. The number of fused-ring (bicyclic) bond motifs is 3. The van der Waals surface area contributed by atoms with Gasteiger partial charge in [0.25, 0.3) is 5.91 Å². The summed E-state index contributed by atoms with van der Waals surface area (Å²) in [6.45, 7) is 8.31. The summed E-state index contributed by atoms with van der Waals surface area (Å²) in [5.74, 6) is -1.65. The topological polar surface area (TPSA) is 162 Å². The van der Waals surface area contributed by atoms with Crippen LogP contribution in [0.15, 0.2) is 18.2 Å². The molecule has 0 unspecified atom stereocenters. The smallest absolute Gasteiger partial charge is 0.412 e. The van der Waals surface area contributed by atoms with Crippen molar-refractivity contribution in [3.05, 3.63) is 41.0 Å². The Morgan fingerprint density at radius 1 is 1.18 bits per heavy atom. The van der Waals surface area contributed by atoms with Crippen LogP contribution < -0.4 is 25.6 Å². The molecule has 55 heavy (non-hydrogen) atoms. The minimum absolute atomic E-state index is 0.0324. The van der Waals surface area contributed by atoms with Crippen molar-refractivity contribution < 1.29 is 37.0 Å². The van der Waals surface area contributed by atoms with Crippen molar-refractivity contribution in [1.82, 2.24) is 25.5 Å². The molecule has 0 saturated carbocycles. The first kappa shape index (κ1) is 36.8. The number of aromatic nitrogens is 2. The van der Waals surface area contributed by atoms with Crippen molar-refractivity contribution >= 4 is 61.2 Å². The first-order chi connectivity index (χ1) is 26.1. The van der Waals surface area contributed by atoms with Crippen LogP contribution in [0.4, 0.5) is 33.6 Å². The van der Waals surface area contributed by atoms with Crippen LogP contribution >= 0.6 is 11.3 Å². The van der Waals surface area contributed by atoms with Crippen LogP contribution in [-0.2, 0) is 9.53 Å². The second kappa shape index (κ2) is 13.2. The standard InChI is InChI=1S/C38H39F3N8O5S/c1-19-13-22-28(27(41)25(19)21-7-8-24(40)29-26(21)23(15-42)31(55-29)45-35(52)54-36(2,3)4)43-34(53-18-37-9-5-12-49(37)16-20(39)14-37)44-30(22)48-11-6-10-38(17-48)32(50)46-33(51)47-38/h7-8,13,20H,5-6,9-12,14,16-18H2,1-4H3,(H,45,52)(H2,46,47,50,51)/t20-,37+,38-/m1/s1. The first-order valence-corrected chi connectivity index (χ1v) is 19.0. The molecule has 3 atom stereocenters. The van der Waals surface area contributed by atoms with Crippen molar-refractivity contribution in [2.24, 2.45) is 0 Å². The summed E-state index contributed by atoms with van der Waals surface area (Å²) in [5, 5.41) is 18.4. The SMILES string of the molecule is Cc1cc2c(N3CCC[C@]4(C3)NC(=O)NC4=O)nc(OC[C@@]34CCCN3C[C@H](F)C4)nc2c(F)c1-c1ccc(F)c2sc(NC(=O)OC(C)(C)C)c(C#N)c12. The molecule has 3 N–H and O–H groups in total. The molecule has 4 saturated heterocycles. The number of nitriles is 1. The Balaban J connectivity index is 1.27. The van der Waals surface area contributed by atoms with Crippen molar-refractivity contribution in [2.45, 2.75) is 82.6 Å². The monoisotopic (exact) mass is 776 g/mol. The van der Waals surface area contributed by atoms with E-state index in [9.17, 15) is 24.0 Å². The van der Waals surface area contributed by atoms with Gasteiger partial charge in [0.2, 0.25) is 0 Å². The second-order valence-electron chi connectivity index (χ2n) is 15.8. The lowest BCUT2D eigenvalue weighted by atomic mass is 9.89. The van der Waals surface area contributed by atoms with Crippen molar-refractivity contribution in [1.29, 1.82) is 5.26 Å². The normalized spacial score (nSPS) is 24.0. The fourth-order valence-electron chi connectivity index (χ4n) is 8.62. The quantitative estimate of drug-likeness (QED) is 0.186. The van der Waals surface area contributed by atoms with Gasteiger partial charge >= 0.3 is 18.1 Å².